The summed E-state index contributed by atoms with van der Waals surface area (Å²) in [5.41, 5.74) is 0. The molecule has 0 aliphatic heterocycles. The Balaban J connectivity index is 2.34. The van der Waals surface area contributed by atoms with E-state index in [4.69, 9.17) is 4.74 Å². The molecule has 0 aliphatic rings. The third kappa shape index (κ3) is 5.37. The van der Waals surface area contributed by atoms with Crippen molar-refractivity contribution in [3.05, 3.63) is 22.4 Å². The molecule has 0 spiro atoms. The number of nitrogens with one attached hydrogen (secondary N) is 2. The van der Waals surface area contributed by atoms with E-state index in [0.29, 0.717) is 4.88 Å². The minimum absolute atomic E-state index is 0.0892. The van der Waals surface area contributed by atoms with Gasteiger partial charge in [-0.25, -0.2) is 0 Å². The van der Waals surface area contributed by atoms with Crippen molar-refractivity contribution in [2.75, 3.05) is 20.3 Å². The lowest BCUT2D eigenvalue weighted by atomic mass is 10.3. The number of hydrogen-bond acceptors (Lipinski definition) is 5. The van der Waals surface area contributed by atoms with Crippen molar-refractivity contribution in [3.8, 4) is 0 Å². The normalized spacial score (nSPS) is 13.6. The van der Waals surface area contributed by atoms with Crippen LogP contribution in [-0.4, -0.2) is 49.3 Å². The van der Waals surface area contributed by atoms with E-state index in [-0.39, 0.29) is 25.0 Å². The summed E-state index contributed by atoms with van der Waals surface area (Å²) in [5, 5.41) is 16.3. The average molecular weight is 286 g/mol. The molecule has 1 aromatic heterocycles. The summed E-state index contributed by atoms with van der Waals surface area (Å²) < 4.78 is 4.74. The molecule has 0 radical (unpaired) electrons. The van der Waals surface area contributed by atoms with Crippen LogP contribution in [0.15, 0.2) is 17.5 Å². The number of amides is 2. The van der Waals surface area contributed by atoms with Crippen LogP contribution in [0, 0.1) is 0 Å². The Morgan fingerprint density at radius 2 is 2.26 bits per heavy atom. The fourth-order valence-corrected chi connectivity index (χ4v) is 1.99. The molecule has 2 amide bonds. The van der Waals surface area contributed by atoms with Crippen molar-refractivity contribution in [1.82, 2.24) is 10.6 Å². The minimum Gasteiger partial charge on any atom is -0.389 e. The maximum absolute atomic E-state index is 11.7. The molecule has 3 N–H and O–H groups in total. The Morgan fingerprint density at radius 3 is 2.84 bits per heavy atom. The molecule has 0 saturated carbocycles. The van der Waals surface area contributed by atoms with Crippen molar-refractivity contribution in [2.24, 2.45) is 0 Å². The molecule has 0 fully saturated rings. The Bertz CT molecular complexity index is 408. The smallest absolute Gasteiger partial charge is 0.261 e. The largest absolute Gasteiger partial charge is 0.389 e. The van der Waals surface area contributed by atoms with Crippen molar-refractivity contribution in [1.29, 1.82) is 0 Å². The SMILES string of the molecule is COCC(O)CNC(=O)C(C)NC(=O)c1cccs1. The first-order chi connectivity index (χ1) is 9.04. The van der Waals surface area contributed by atoms with Gasteiger partial charge < -0.3 is 20.5 Å². The molecular weight excluding hydrogens is 268 g/mol. The zero-order chi connectivity index (χ0) is 14.3. The minimum atomic E-state index is -0.755. The number of aliphatic hydroxyl groups excluding tert-OH is 1. The fourth-order valence-electron chi connectivity index (χ4n) is 1.36. The van der Waals surface area contributed by atoms with Gasteiger partial charge in [0, 0.05) is 13.7 Å². The van der Waals surface area contributed by atoms with E-state index in [9.17, 15) is 14.7 Å². The number of thiophene rings is 1. The molecule has 1 heterocycles. The highest BCUT2D eigenvalue weighted by Gasteiger charge is 2.17. The van der Waals surface area contributed by atoms with Gasteiger partial charge in [0.1, 0.15) is 6.04 Å². The van der Waals surface area contributed by atoms with Gasteiger partial charge in [0.2, 0.25) is 5.91 Å². The standard InChI is InChI=1S/C12H18N2O4S/c1-8(11(16)13-6-9(15)7-18-2)14-12(17)10-4-3-5-19-10/h3-5,8-9,15H,6-7H2,1-2H3,(H,13,16)(H,14,17). The molecule has 2 unspecified atom stereocenters. The maximum atomic E-state index is 11.7. The van der Waals surface area contributed by atoms with Gasteiger partial charge >= 0.3 is 0 Å². The van der Waals surface area contributed by atoms with E-state index in [1.165, 1.54) is 18.4 Å². The lowest BCUT2D eigenvalue weighted by Gasteiger charge is -2.15. The molecule has 0 bridgehead atoms. The Morgan fingerprint density at radius 1 is 1.53 bits per heavy atom. The van der Waals surface area contributed by atoms with E-state index < -0.39 is 12.1 Å². The maximum Gasteiger partial charge on any atom is 0.261 e. The van der Waals surface area contributed by atoms with Gasteiger partial charge in [0.15, 0.2) is 0 Å². The topological polar surface area (TPSA) is 87.7 Å². The second-order valence-electron chi connectivity index (χ2n) is 4.03. The number of ether oxygens (including phenoxy) is 1. The van der Waals surface area contributed by atoms with Crippen molar-refractivity contribution >= 4 is 23.2 Å². The molecule has 106 valence electrons. The van der Waals surface area contributed by atoms with E-state index in [1.807, 2.05) is 0 Å². The van der Waals surface area contributed by atoms with Gasteiger partial charge in [-0.05, 0) is 18.4 Å². The van der Waals surface area contributed by atoms with E-state index in [0.717, 1.165) is 0 Å². The van der Waals surface area contributed by atoms with Crippen LogP contribution in [0.5, 0.6) is 0 Å². The van der Waals surface area contributed by atoms with Gasteiger partial charge in [-0.3, -0.25) is 9.59 Å². The number of aliphatic hydroxyl groups is 1. The highest BCUT2D eigenvalue weighted by Crippen LogP contribution is 2.07. The average Bonchev–Trinajstić information content (AvgIpc) is 2.90. The lowest BCUT2D eigenvalue weighted by molar-refractivity contribution is -0.123. The first kappa shape index (κ1) is 15.6. The van der Waals surface area contributed by atoms with Crippen molar-refractivity contribution < 1.29 is 19.4 Å². The van der Waals surface area contributed by atoms with E-state index >= 15 is 0 Å². The first-order valence-electron chi connectivity index (χ1n) is 5.83. The summed E-state index contributed by atoms with van der Waals surface area (Å²) in [5.74, 6) is -0.629. The summed E-state index contributed by atoms with van der Waals surface area (Å²) in [6.45, 7) is 1.83. The molecule has 0 aromatic carbocycles. The number of rotatable bonds is 7. The molecule has 1 aromatic rings. The highest BCUT2D eigenvalue weighted by molar-refractivity contribution is 7.12. The molecule has 0 saturated heterocycles. The van der Waals surface area contributed by atoms with Gasteiger partial charge in [-0.1, -0.05) is 6.07 Å². The van der Waals surface area contributed by atoms with Crippen molar-refractivity contribution in [3.63, 3.8) is 0 Å². The van der Waals surface area contributed by atoms with Gasteiger partial charge in [0.05, 0.1) is 17.6 Å². The zero-order valence-electron chi connectivity index (χ0n) is 10.9. The highest BCUT2D eigenvalue weighted by atomic mass is 32.1. The molecule has 0 aliphatic carbocycles. The zero-order valence-corrected chi connectivity index (χ0v) is 11.7. The van der Waals surface area contributed by atoms with Crippen LogP contribution in [0.3, 0.4) is 0 Å². The van der Waals surface area contributed by atoms with Gasteiger partial charge in [-0.2, -0.15) is 0 Å². The third-order valence-corrected chi connectivity index (χ3v) is 3.23. The number of hydrogen-bond donors (Lipinski definition) is 3. The van der Waals surface area contributed by atoms with Crippen LogP contribution >= 0.6 is 11.3 Å². The quantitative estimate of drug-likeness (QED) is 0.658. The Hall–Kier alpha value is -1.44. The van der Waals surface area contributed by atoms with Crippen LogP contribution in [-0.2, 0) is 9.53 Å². The molecule has 6 nitrogen and oxygen atoms in total. The van der Waals surface area contributed by atoms with Crippen LogP contribution in [0.1, 0.15) is 16.6 Å². The summed E-state index contributed by atoms with van der Waals surface area (Å²) in [4.78, 5) is 23.9. The van der Waals surface area contributed by atoms with Crippen LogP contribution < -0.4 is 10.6 Å². The number of methoxy groups -OCH3 is 1. The van der Waals surface area contributed by atoms with Gasteiger partial charge in [0.25, 0.3) is 5.91 Å². The predicted octanol–water partition coefficient (Wildman–Crippen LogP) is -0.0101. The molecule has 1 rings (SSSR count). The summed E-state index contributed by atoms with van der Waals surface area (Å²) >= 11 is 1.31. The predicted molar refractivity (Wildman–Crippen MR) is 72.1 cm³/mol. The first-order valence-corrected chi connectivity index (χ1v) is 6.71. The summed E-state index contributed by atoms with van der Waals surface area (Å²) in [6.07, 6.45) is -0.755. The monoisotopic (exact) mass is 286 g/mol. The second-order valence-corrected chi connectivity index (χ2v) is 4.97. The summed E-state index contributed by atoms with van der Waals surface area (Å²) in [6, 6.07) is 2.79. The van der Waals surface area contributed by atoms with E-state index in [1.54, 1.807) is 24.4 Å². The Kier molecular flexibility index (Phi) is 6.48. The number of carbonyl (C=O) groups is 2. The summed E-state index contributed by atoms with van der Waals surface area (Å²) in [7, 11) is 1.47. The lowest BCUT2D eigenvalue weighted by Crippen LogP contribution is -2.46. The number of carbonyl (C=O) groups excluding carboxylic acids is 2. The molecule has 19 heavy (non-hydrogen) atoms. The van der Waals surface area contributed by atoms with Crippen LogP contribution in [0.4, 0.5) is 0 Å². The van der Waals surface area contributed by atoms with Crippen LogP contribution in [0.25, 0.3) is 0 Å². The van der Waals surface area contributed by atoms with Crippen molar-refractivity contribution in [2.45, 2.75) is 19.1 Å². The van der Waals surface area contributed by atoms with Crippen LogP contribution in [0.2, 0.25) is 0 Å². The van der Waals surface area contributed by atoms with E-state index in [2.05, 4.69) is 10.6 Å². The second kappa shape index (κ2) is 7.88. The third-order valence-electron chi connectivity index (χ3n) is 2.36. The fraction of sp³-hybridized carbons (Fsp3) is 0.500. The molecule has 2 atom stereocenters. The Labute approximate surface area is 115 Å². The molecule has 7 heteroatoms. The van der Waals surface area contributed by atoms with Gasteiger partial charge in [-0.15, -0.1) is 11.3 Å². The molecular formula is C12H18N2O4S.